The molecule has 1 aromatic rings. The molecule has 1 saturated heterocycles. The van der Waals surface area contributed by atoms with E-state index in [1.807, 2.05) is 0 Å². The van der Waals surface area contributed by atoms with Crippen LogP contribution in [0.5, 0.6) is 0 Å². The maximum absolute atomic E-state index is 11.1. The minimum absolute atomic E-state index is 0.189. The van der Waals surface area contributed by atoms with Crippen LogP contribution in [-0.4, -0.2) is 32.7 Å². The van der Waals surface area contributed by atoms with Gasteiger partial charge in [0.05, 0.1) is 11.1 Å². The Labute approximate surface area is 98.5 Å². The Morgan fingerprint density at radius 1 is 1.38 bits per heavy atom. The summed E-state index contributed by atoms with van der Waals surface area (Å²) in [5, 5.41) is 15.3. The summed E-state index contributed by atoms with van der Waals surface area (Å²) in [5.74, 6) is 0. The Bertz CT molecular complexity index is 461. The average Bonchev–Trinajstić information content (AvgIpc) is 2.67. The second-order valence-corrected chi connectivity index (χ2v) is 6.71. The molecule has 16 heavy (non-hydrogen) atoms. The molecular weight excluding hydrogens is 248 g/mol. The van der Waals surface area contributed by atoms with Crippen LogP contribution < -0.4 is 10.0 Å². The minimum atomic E-state index is -3.59. The number of aliphatic hydroxyl groups is 1. The van der Waals surface area contributed by atoms with Gasteiger partial charge in [0.1, 0.15) is 4.21 Å². The van der Waals surface area contributed by atoms with Crippen LogP contribution in [0.15, 0.2) is 16.3 Å². The molecule has 1 aliphatic rings. The molecule has 2 heterocycles. The molecule has 0 atom stereocenters. The predicted molar refractivity (Wildman–Crippen MR) is 63.1 cm³/mol. The summed E-state index contributed by atoms with van der Waals surface area (Å²) in [4.78, 5) is 2.08. The molecule has 0 bridgehead atoms. The molecule has 0 aliphatic carbocycles. The Kier molecular flexibility index (Phi) is 3.20. The second kappa shape index (κ2) is 4.33. The molecular formula is C9H14N2O3S2. The molecule has 7 heteroatoms. The standard InChI is InChI=1S/C9H14N2O3S2/c10-16(13,14)9-2-1-8(15-9)11-5-3-7(12)4-6-11/h1-2,7,12H,3-6H2,(H2,10,13,14). The molecule has 0 saturated carbocycles. The second-order valence-electron chi connectivity index (χ2n) is 3.86. The smallest absolute Gasteiger partial charge is 0.247 e. The number of nitrogens with two attached hydrogens (primary N) is 1. The summed E-state index contributed by atoms with van der Waals surface area (Å²) in [6, 6.07) is 3.29. The zero-order valence-corrected chi connectivity index (χ0v) is 10.3. The summed E-state index contributed by atoms with van der Waals surface area (Å²) < 4.78 is 22.4. The summed E-state index contributed by atoms with van der Waals surface area (Å²) in [7, 11) is -3.59. The summed E-state index contributed by atoms with van der Waals surface area (Å²) in [6.07, 6.45) is 1.22. The fraction of sp³-hybridized carbons (Fsp3) is 0.556. The quantitative estimate of drug-likeness (QED) is 0.806. The number of piperidine rings is 1. The fourth-order valence-corrected chi connectivity index (χ4v) is 3.49. The minimum Gasteiger partial charge on any atom is -0.393 e. The van der Waals surface area contributed by atoms with E-state index >= 15 is 0 Å². The maximum Gasteiger partial charge on any atom is 0.247 e. The predicted octanol–water partition coefficient (Wildman–Crippen LogP) is 0.357. The number of nitrogens with zero attached hydrogens (tertiary/aromatic N) is 1. The first-order valence-electron chi connectivity index (χ1n) is 5.02. The highest BCUT2D eigenvalue weighted by atomic mass is 32.2. The van der Waals surface area contributed by atoms with Gasteiger partial charge in [0, 0.05) is 13.1 Å². The number of rotatable bonds is 2. The maximum atomic E-state index is 11.1. The molecule has 0 amide bonds. The zero-order chi connectivity index (χ0) is 11.8. The first kappa shape index (κ1) is 11.8. The Balaban J connectivity index is 2.14. The number of sulfonamides is 1. The number of primary sulfonamides is 1. The van der Waals surface area contributed by atoms with Crippen LogP contribution in [0.1, 0.15) is 12.8 Å². The highest BCUT2D eigenvalue weighted by Crippen LogP contribution is 2.30. The number of aliphatic hydroxyl groups excluding tert-OH is 1. The van der Waals surface area contributed by atoms with Gasteiger partial charge in [-0.05, 0) is 25.0 Å². The van der Waals surface area contributed by atoms with Gasteiger partial charge in [0.25, 0.3) is 0 Å². The van der Waals surface area contributed by atoms with Gasteiger partial charge in [0.2, 0.25) is 10.0 Å². The fourth-order valence-electron chi connectivity index (χ4n) is 1.72. The van der Waals surface area contributed by atoms with E-state index in [2.05, 4.69) is 4.90 Å². The molecule has 0 radical (unpaired) electrons. The lowest BCUT2D eigenvalue weighted by atomic mass is 10.1. The topological polar surface area (TPSA) is 83.6 Å². The molecule has 0 aromatic carbocycles. The van der Waals surface area contributed by atoms with Gasteiger partial charge >= 0.3 is 0 Å². The third kappa shape index (κ3) is 2.54. The molecule has 3 N–H and O–H groups in total. The summed E-state index contributed by atoms with van der Waals surface area (Å²) in [5.41, 5.74) is 0. The van der Waals surface area contributed by atoms with Gasteiger partial charge in [-0.25, -0.2) is 13.6 Å². The monoisotopic (exact) mass is 262 g/mol. The zero-order valence-electron chi connectivity index (χ0n) is 8.67. The lowest BCUT2D eigenvalue weighted by Gasteiger charge is -2.30. The van der Waals surface area contributed by atoms with E-state index < -0.39 is 10.0 Å². The summed E-state index contributed by atoms with van der Waals surface area (Å²) >= 11 is 1.18. The van der Waals surface area contributed by atoms with Crippen LogP contribution in [0.2, 0.25) is 0 Å². The van der Waals surface area contributed by atoms with E-state index in [4.69, 9.17) is 5.14 Å². The van der Waals surface area contributed by atoms with Crippen molar-refractivity contribution in [2.45, 2.75) is 23.2 Å². The summed E-state index contributed by atoms with van der Waals surface area (Å²) in [6.45, 7) is 1.51. The Morgan fingerprint density at radius 2 is 2.00 bits per heavy atom. The van der Waals surface area contributed by atoms with Crippen molar-refractivity contribution in [1.82, 2.24) is 0 Å². The van der Waals surface area contributed by atoms with Crippen LogP contribution >= 0.6 is 11.3 Å². The van der Waals surface area contributed by atoms with Crippen LogP contribution in [0, 0.1) is 0 Å². The normalized spacial score (nSPS) is 19.0. The molecule has 1 aliphatic heterocycles. The van der Waals surface area contributed by atoms with Crippen molar-refractivity contribution in [2.75, 3.05) is 18.0 Å². The molecule has 1 fully saturated rings. The Morgan fingerprint density at radius 3 is 2.50 bits per heavy atom. The lowest BCUT2D eigenvalue weighted by Crippen LogP contribution is -2.35. The Hall–Kier alpha value is -0.630. The first-order chi connectivity index (χ1) is 7.47. The van der Waals surface area contributed by atoms with E-state index in [0.717, 1.165) is 30.9 Å². The number of hydrogen-bond donors (Lipinski definition) is 2. The van der Waals surface area contributed by atoms with Crippen molar-refractivity contribution in [2.24, 2.45) is 5.14 Å². The van der Waals surface area contributed by atoms with Crippen molar-refractivity contribution in [3.05, 3.63) is 12.1 Å². The van der Waals surface area contributed by atoms with Crippen LogP contribution in [0.3, 0.4) is 0 Å². The SMILES string of the molecule is NS(=O)(=O)c1ccc(N2CCC(O)CC2)s1. The highest BCUT2D eigenvalue weighted by molar-refractivity contribution is 7.91. The van der Waals surface area contributed by atoms with Gasteiger partial charge in [-0.1, -0.05) is 0 Å². The van der Waals surface area contributed by atoms with E-state index in [0.29, 0.717) is 0 Å². The van der Waals surface area contributed by atoms with Crippen molar-refractivity contribution in [1.29, 1.82) is 0 Å². The number of thiophene rings is 1. The molecule has 5 nitrogen and oxygen atoms in total. The van der Waals surface area contributed by atoms with Crippen LogP contribution in [-0.2, 0) is 10.0 Å². The largest absolute Gasteiger partial charge is 0.393 e. The number of hydrogen-bond acceptors (Lipinski definition) is 5. The molecule has 90 valence electrons. The van der Waals surface area contributed by atoms with Crippen LogP contribution in [0.25, 0.3) is 0 Å². The van der Waals surface area contributed by atoms with Gasteiger partial charge in [-0.3, -0.25) is 0 Å². The molecule has 0 unspecified atom stereocenters. The third-order valence-corrected chi connectivity index (χ3v) is 5.21. The van der Waals surface area contributed by atoms with E-state index in [1.54, 1.807) is 6.07 Å². The highest BCUT2D eigenvalue weighted by Gasteiger charge is 2.20. The average molecular weight is 262 g/mol. The van der Waals surface area contributed by atoms with Gasteiger partial charge < -0.3 is 10.0 Å². The van der Waals surface area contributed by atoms with Gasteiger partial charge in [0.15, 0.2) is 0 Å². The van der Waals surface area contributed by atoms with Gasteiger partial charge in [-0.2, -0.15) is 0 Å². The van der Waals surface area contributed by atoms with Crippen molar-refractivity contribution >= 4 is 26.4 Å². The van der Waals surface area contributed by atoms with E-state index in [-0.39, 0.29) is 10.3 Å². The van der Waals surface area contributed by atoms with Gasteiger partial charge in [-0.15, -0.1) is 11.3 Å². The first-order valence-corrected chi connectivity index (χ1v) is 7.39. The third-order valence-electron chi connectivity index (χ3n) is 2.62. The molecule has 1 aromatic heterocycles. The lowest BCUT2D eigenvalue weighted by molar-refractivity contribution is 0.145. The molecule has 2 rings (SSSR count). The van der Waals surface area contributed by atoms with Crippen molar-refractivity contribution < 1.29 is 13.5 Å². The van der Waals surface area contributed by atoms with Crippen LogP contribution in [0.4, 0.5) is 5.00 Å². The van der Waals surface area contributed by atoms with E-state index in [9.17, 15) is 13.5 Å². The van der Waals surface area contributed by atoms with Crippen molar-refractivity contribution in [3.63, 3.8) is 0 Å². The molecule has 0 spiro atoms. The van der Waals surface area contributed by atoms with E-state index in [1.165, 1.54) is 17.4 Å². The number of anilines is 1. The van der Waals surface area contributed by atoms with Crippen molar-refractivity contribution in [3.8, 4) is 0 Å².